The second-order valence-corrected chi connectivity index (χ2v) is 6.47. The number of nitrogens with one attached hydrogen (secondary N) is 1. The molecule has 98 valence electrons. The van der Waals surface area contributed by atoms with E-state index in [1.807, 2.05) is 39.0 Å². The Morgan fingerprint density at radius 1 is 1.39 bits per heavy atom. The van der Waals surface area contributed by atoms with Crippen LogP contribution in [0.2, 0.25) is 0 Å². The van der Waals surface area contributed by atoms with Crippen LogP contribution >= 0.6 is 15.9 Å². The number of alkyl carbamates (subject to hydrolysis) is 1. The van der Waals surface area contributed by atoms with Crippen LogP contribution in [0.25, 0.3) is 0 Å². The maximum atomic E-state index is 11.6. The number of benzene rings is 1. The number of ether oxygens (including phenoxy) is 1. The zero-order valence-electron chi connectivity index (χ0n) is 10.9. The Bertz CT molecular complexity index is 453. The number of halogens is 1. The molecule has 0 bridgehead atoms. The Morgan fingerprint density at radius 2 is 2.06 bits per heavy atom. The summed E-state index contributed by atoms with van der Waals surface area (Å²) in [5, 5.41) is 2.90. The normalized spacial score (nSPS) is 22.4. The average molecular weight is 312 g/mol. The smallest absolute Gasteiger partial charge is 0.407 e. The van der Waals surface area contributed by atoms with Crippen LogP contribution in [0.1, 0.15) is 38.7 Å². The molecule has 1 aliphatic rings. The second-order valence-electron chi connectivity index (χ2n) is 5.62. The fraction of sp³-hybridized carbons (Fsp3) is 0.500. The second kappa shape index (κ2) is 4.92. The molecule has 1 aliphatic carbocycles. The van der Waals surface area contributed by atoms with Gasteiger partial charge in [-0.25, -0.2) is 4.79 Å². The van der Waals surface area contributed by atoms with Gasteiger partial charge in [0.15, 0.2) is 0 Å². The third kappa shape index (κ3) is 3.48. The van der Waals surface area contributed by atoms with Gasteiger partial charge >= 0.3 is 6.09 Å². The van der Waals surface area contributed by atoms with Crippen molar-refractivity contribution in [3.63, 3.8) is 0 Å². The molecule has 1 amide bonds. The van der Waals surface area contributed by atoms with Gasteiger partial charge in [-0.05, 0) is 38.8 Å². The topological polar surface area (TPSA) is 38.3 Å². The highest BCUT2D eigenvalue weighted by Crippen LogP contribution is 2.43. The standard InChI is InChI=1S/C14H18BrNO2/c1-14(2,3)18-13(17)16-12-8-10(12)9-6-4-5-7-11(9)15/h4-7,10,12H,8H2,1-3H3,(H,16,17). The van der Waals surface area contributed by atoms with E-state index in [1.165, 1.54) is 5.56 Å². The minimum absolute atomic E-state index is 0.193. The first kappa shape index (κ1) is 13.4. The average Bonchev–Trinajstić information content (AvgIpc) is 2.94. The Morgan fingerprint density at radius 3 is 2.67 bits per heavy atom. The van der Waals surface area contributed by atoms with Crippen molar-refractivity contribution in [1.29, 1.82) is 0 Å². The van der Waals surface area contributed by atoms with Crippen LogP contribution in [0.15, 0.2) is 28.7 Å². The first-order valence-corrected chi connectivity index (χ1v) is 6.90. The summed E-state index contributed by atoms with van der Waals surface area (Å²) in [4.78, 5) is 11.6. The van der Waals surface area contributed by atoms with Gasteiger partial charge in [0, 0.05) is 16.4 Å². The van der Waals surface area contributed by atoms with E-state index in [0.29, 0.717) is 5.92 Å². The number of hydrogen-bond donors (Lipinski definition) is 1. The third-order valence-corrected chi connectivity index (χ3v) is 3.52. The van der Waals surface area contributed by atoms with Crippen LogP contribution in [0.4, 0.5) is 4.79 Å². The maximum absolute atomic E-state index is 11.6. The molecule has 2 atom stereocenters. The zero-order valence-corrected chi connectivity index (χ0v) is 12.5. The number of rotatable bonds is 2. The molecular weight excluding hydrogens is 294 g/mol. The first-order chi connectivity index (χ1) is 8.37. The highest BCUT2D eigenvalue weighted by Gasteiger charge is 2.41. The molecule has 1 aromatic carbocycles. The highest BCUT2D eigenvalue weighted by molar-refractivity contribution is 9.10. The van der Waals surface area contributed by atoms with Gasteiger partial charge in [0.1, 0.15) is 5.60 Å². The lowest BCUT2D eigenvalue weighted by atomic mass is 10.1. The Labute approximate surface area is 116 Å². The number of hydrogen-bond acceptors (Lipinski definition) is 2. The van der Waals surface area contributed by atoms with Crippen LogP contribution in [-0.4, -0.2) is 17.7 Å². The van der Waals surface area contributed by atoms with Crippen molar-refractivity contribution in [2.45, 2.75) is 44.8 Å². The fourth-order valence-corrected chi connectivity index (χ4v) is 2.51. The highest BCUT2D eigenvalue weighted by atomic mass is 79.9. The van der Waals surface area contributed by atoms with Gasteiger partial charge in [-0.2, -0.15) is 0 Å². The molecule has 1 N–H and O–H groups in total. The van der Waals surface area contributed by atoms with Gasteiger partial charge in [0.25, 0.3) is 0 Å². The van der Waals surface area contributed by atoms with Gasteiger partial charge in [-0.1, -0.05) is 34.1 Å². The summed E-state index contributed by atoms with van der Waals surface area (Å²) in [6, 6.07) is 8.32. The van der Waals surface area contributed by atoms with Crippen LogP contribution in [0, 0.1) is 0 Å². The van der Waals surface area contributed by atoms with Gasteiger partial charge in [-0.3, -0.25) is 0 Å². The van der Waals surface area contributed by atoms with Crippen molar-refractivity contribution in [1.82, 2.24) is 5.32 Å². The molecular formula is C14H18BrNO2. The summed E-state index contributed by atoms with van der Waals surface area (Å²) in [7, 11) is 0. The molecule has 4 heteroatoms. The lowest BCUT2D eigenvalue weighted by Gasteiger charge is -2.19. The number of amides is 1. The van der Waals surface area contributed by atoms with Crippen LogP contribution in [0.3, 0.4) is 0 Å². The molecule has 0 aromatic heterocycles. The lowest BCUT2D eigenvalue weighted by molar-refractivity contribution is 0.0523. The van der Waals surface area contributed by atoms with Crippen molar-refractivity contribution in [2.75, 3.05) is 0 Å². The van der Waals surface area contributed by atoms with Crippen LogP contribution < -0.4 is 5.32 Å². The van der Waals surface area contributed by atoms with Crippen molar-refractivity contribution >= 4 is 22.0 Å². The SMILES string of the molecule is CC(C)(C)OC(=O)NC1CC1c1ccccc1Br. The molecule has 18 heavy (non-hydrogen) atoms. The molecule has 0 saturated heterocycles. The van der Waals surface area contributed by atoms with Gasteiger partial charge < -0.3 is 10.1 Å². The van der Waals surface area contributed by atoms with Crippen molar-refractivity contribution in [3.8, 4) is 0 Å². The molecule has 3 nitrogen and oxygen atoms in total. The molecule has 1 saturated carbocycles. The molecule has 0 heterocycles. The minimum atomic E-state index is -0.443. The number of carbonyl (C=O) groups is 1. The summed E-state index contributed by atoms with van der Waals surface area (Å²) in [5.74, 6) is 0.396. The van der Waals surface area contributed by atoms with Crippen LogP contribution in [-0.2, 0) is 4.74 Å². The molecule has 1 aromatic rings. The summed E-state index contributed by atoms with van der Waals surface area (Å²) in [6.07, 6.45) is 0.643. The van der Waals surface area contributed by atoms with Crippen LogP contribution in [0.5, 0.6) is 0 Å². The first-order valence-electron chi connectivity index (χ1n) is 6.11. The van der Waals surface area contributed by atoms with E-state index >= 15 is 0 Å². The summed E-state index contributed by atoms with van der Waals surface area (Å²) >= 11 is 3.54. The minimum Gasteiger partial charge on any atom is -0.444 e. The monoisotopic (exact) mass is 311 g/mol. The largest absolute Gasteiger partial charge is 0.444 e. The quantitative estimate of drug-likeness (QED) is 0.901. The van der Waals surface area contributed by atoms with E-state index in [0.717, 1.165) is 10.9 Å². The van der Waals surface area contributed by atoms with Crippen molar-refractivity contribution in [2.24, 2.45) is 0 Å². The lowest BCUT2D eigenvalue weighted by Crippen LogP contribution is -2.34. The summed E-state index contributed by atoms with van der Waals surface area (Å²) < 4.78 is 6.34. The summed E-state index contributed by atoms with van der Waals surface area (Å²) in [6.45, 7) is 5.60. The van der Waals surface area contributed by atoms with E-state index in [1.54, 1.807) is 0 Å². The Kier molecular flexibility index (Phi) is 3.66. The van der Waals surface area contributed by atoms with Gasteiger partial charge in [0.2, 0.25) is 0 Å². The number of carbonyl (C=O) groups excluding carboxylic acids is 1. The van der Waals surface area contributed by atoms with E-state index in [4.69, 9.17) is 4.74 Å². The predicted molar refractivity (Wildman–Crippen MR) is 74.7 cm³/mol. The van der Waals surface area contributed by atoms with E-state index in [-0.39, 0.29) is 12.1 Å². The molecule has 2 unspecified atom stereocenters. The van der Waals surface area contributed by atoms with Gasteiger partial charge in [0.05, 0.1) is 0 Å². The molecule has 0 radical (unpaired) electrons. The summed E-state index contributed by atoms with van der Waals surface area (Å²) in [5.41, 5.74) is 0.806. The third-order valence-electron chi connectivity index (χ3n) is 2.80. The Balaban J connectivity index is 1.89. The molecule has 2 rings (SSSR count). The maximum Gasteiger partial charge on any atom is 0.407 e. The Hall–Kier alpha value is -1.03. The van der Waals surface area contributed by atoms with E-state index < -0.39 is 5.60 Å². The van der Waals surface area contributed by atoms with Crippen molar-refractivity contribution in [3.05, 3.63) is 34.3 Å². The fourth-order valence-electron chi connectivity index (χ4n) is 1.93. The molecule has 1 fully saturated rings. The molecule has 0 spiro atoms. The molecule has 0 aliphatic heterocycles. The van der Waals surface area contributed by atoms with E-state index in [2.05, 4.69) is 27.3 Å². The van der Waals surface area contributed by atoms with Gasteiger partial charge in [-0.15, -0.1) is 0 Å². The van der Waals surface area contributed by atoms with Crippen molar-refractivity contribution < 1.29 is 9.53 Å². The van der Waals surface area contributed by atoms with E-state index in [9.17, 15) is 4.79 Å². The zero-order chi connectivity index (χ0) is 13.3. The predicted octanol–water partition coefficient (Wildman–Crippen LogP) is 3.83.